The zero-order valence-electron chi connectivity index (χ0n) is 28.3. The van der Waals surface area contributed by atoms with Crippen molar-refractivity contribution in [2.45, 2.75) is 83.8 Å². The molecule has 4 rings (SSSR count). The molecule has 0 aliphatic carbocycles. The normalized spacial score (nSPS) is 12.7. The van der Waals surface area contributed by atoms with Crippen LogP contribution in [-0.2, 0) is 32.6 Å². The maximum Gasteiger partial charge on any atom is 0.264 e. The van der Waals surface area contributed by atoms with Gasteiger partial charge in [0.15, 0.2) is 0 Å². The summed E-state index contributed by atoms with van der Waals surface area (Å²) >= 11 is 0. The van der Waals surface area contributed by atoms with Crippen LogP contribution in [0.4, 0.5) is 5.69 Å². The van der Waals surface area contributed by atoms with Crippen molar-refractivity contribution in [3.8, 4) is 0 Å². The maximum atomic E-state index is 14.7. The molecule has 4 aromatic rings. The molecule has 0 fully saturated rings. The van der Waals surface area contributed by atoms with Crippen LogP contribution in [0.25, 0.3) is 0 Å². The highest BCUT2D eigenvalue weighted by atomic mass is 32.2. The molecule has 0 unspecified atom stereocenters. The first-order valence-electron chi connectivity index (χ1n) is 16.3. The van der Waals surface area contributed by atoms with Gasteiger partial charge >= 0.3 is 0 Å². The number of hydrogen-bond acceptors (Lipinski definition) is 4. The first-order valence-corrected chi connectivity index (χ1v) is 17.7. The second-order valence-corrected chi connectivity index (χ2v) is 14.4. The van der Waals surface area contributed by atoms with Crippen LogP contribution in [0, 0.1) is 13.8 Å². The summed E-state index contributed by atoms with van der Waals surface area (Å²) in [7, 11) is -4.16. The Balaban J connectivity index is 1.82. The van der Waals surface area contributed by atoms with E-state index in [-0.39, 0.29) is 35.7 Å². The maximum absolute atomic E-state index is 14.7. The molecule has 0 radical (unpaired) electrons. The number of nitrogens with zero attached hydrogens (tertiary/aromatic N) is 2. The lowest BCUT2D eigenvalue weighted by Crippen LogP contribution is -2.54. The van der Waals surface area contributed by atoms with Crippen LogP contribution in [0.5, 0.6) is 0 Å². The number of amides is 2. The molecule has 0 aliphatic rings. The summed E-state index contributed by atoms with van der Waals surface area (Å²) in [4.78, 5) is 30.3. The van der Waals surface area contributed by atoms with E-state index in [9.17, 15) is 18.0 Å². The third kappa shape index (κ3) is 9.10. The van der Waals surface area contributed by atoms with Crippen LogP contribution in [0.3, 0.4) is 0 Å². The molecule has 0 aliphatic heterocycles. The van der Waals surface area contributed by atoms with Crippen molar-refractivity contribution >= 4 is 27.5 Å². The SMILES string of the molecule is CC[C@H](C)NC(=O)[C@@H](Cc1ccccc1)N(Cc1ccccc1C)C(=O)CN(c1ccc(C(C)C)cc1)S(=O)(=O)c1ccc(C)cc1. The number of aryl methyl sites for hydroxylation is 2. The Bertz CT molecular complexity index is 1740. The molecular formula is C39H47N3O4S. The molecule has 2 amide bonds. The van der Waals surface area contributed by atoms with Gasteiger partial charge in [0.05, 0.1) is 10.6 Å². The fourth-order valence-electron chi connectivity index (χ4n) is 5.36. The molecule has 1 N–H and O–H groups in total. The van der Waals surface area contributed by atoms with Gasteiger partial charge in [0, 0.05) is 19.0 Å². The molecule has 0 saturated carbocycles. The Morgan fingerprint density at radius 3 is 2.00 bits per heavy atom. The number of carbonyl (C=O) groups is 2. The molecule has 248 valence electrons. The Morgan fingerprint density at radius 2 is 1.40 bits per heavy atom. The molecule has 0 bridgehead atoms. The van der Waals surface area contributed by atoms with Gasteiger partial charge in [-0.2, -0.15) is 0 Å². The van der Waals surface area contributed by atoms with Gasteiger partial charge in [0.2, 0.25) is 11.8 Å². The number of rotatable bonds is 14. The Hall–Kier alpha value is -4.43. The number of hydrogen-bond donors (Lipinski definition) is 1. The minimum absolute atomic E-state index is 0.0876. The van der Waals surface area contributed by atoms with Crippen LogP contribution in [0.2, 0.25) is 0 Å². The van der Waals surface area contributed by atoms with Crippen molar-refractivity contribution in [3.63, 3.8) is 0 Å². The minimum atomic E-state index is -4.16. The highest BCUT2D eigenvalue weighted by Gasteiger charge is 2.35. The number of sulfonamides is 1. The van der Waals surface area contributed by atoms with E-state index in [0.717, 1.165) is 34.2 Å². The van der Waals surface area contributed by atoms with Crippen LogP contribution in [0.15, 0.2) is 108 Å². The number of anilines is 1. The quantitative estimate of drug-likeness (QED) is 0.156. The lowest BCUT2D eigenvalue weighted by Gasteiger charge is -2.34. The standard InChI is InChI=1S/C39H47N3O4S/c1-7-31(6)40-39(44)37(25-32-14-9-8-10-15-32)41(26-34-16-12-11-13-30(34)5)38(43)27-42(35-21-19-33(20-22-35)28(2)3)47(45,46)36-23-17-29(4)18-24-36/h8-24,28,31,37H,7,25-27H2,1-6H3,(H,40,44)/t31-,37+/m0/s1. The number of benzene rings is 4. The van der Waals surface area contributed by atoms with E-state index >= 15 is 0 Å². The van der Waals surface area contributed by atoms with Crippen molar-refractivity contribution in [1.29, 1.82) is 0 Å². The fourth-order valence-corrected chi connectivity index (χ4v) is 6.77. The van der Waals surface area contributed by atoms with Crippen molar-refractivity contribution in [3.05, 3.63) is 131 Å². The third-order valence-electron chi connectivity index (χ3n) is 8.61. The lowest BCUT2D eigenvalue weighted by atomic mass is 10.0. The lowest BCUT2D eigenvalue weighted by molar-refractivity contribution is -0.140. The van der Waals surface area contributed by atoms with Gasteiger partial charge in [-0.3, -0.25) is 13.9 Å². The molecule has 4 aromatic carbocycles. The fraction of sp³-hybridized carbons (Fsp3) is 0.333. The van der Waals surface area contributed by atoms with Crippen molar-refractivity contribution in [2.75, 3.05) is 10.8 Å². The first-order chi connectivity index (χ1) is 22.4. The third-order valence-corrected chi connectivity index (χ3v) is 10.4. The topological polar surface area (TPSA) is 86.8 Å². The monoisotopic (exact) mass is 653 g/mol. The molecule has 0 saturated heterocycles. The van der Waals surface area contributed by atoms with Crippen LogP contribution >= 0.6 is 0 Å². The molecule has 0 spiro atoms. The summed E-state index contributed by atoms with van der Waals surface area (Å²) in [6.07, 6.45) is 0.999. The van der Waals surface area contributed by atoms with E-state index in [0.29, 0.717) is 5.69 Å². The second kappa shape index (κ2) is 15.9. The van der Waals surface area contributed by atoms with Gasteiger partial charge in [-0.25, -0.2) is 8.42 Å². The van der Waals surface area contributed by atoms with Gasteiger partial charge in [0.25, 0.3) is 10.0 Å². The molecule has 2 atom stereocenters. The molecular weight excluding hydrogens is 607 g/mol. The second-order valence-electron chi connectivity index (χ2n) is 12.5. The summed E-state index contributed by atoms with van der Waals surface area (Å²) in [5.41, 5.74) is 5.10. The molecule has 0 heterocycles. The average molecular weight is 654 g/mol. The largest absolute Gasteiger partial charge is 0.352 e. The van der Waals surface area contributed by atoms with Gasteiger partial charge in [-0.05, 0) is 79.6 Å². The predicted molar refractivity (Wildman–Crippen MR) is 190 cm³/mol. The first kappa shape index (κ1) is 35.4. The number of nitrogens with one attached hydrogen (secondary N) is 1. The van der Waals surface area contributed by atoms with Crippen LogP contribution in [0.1, 0.15) is 67.9 Å². The van der Waals surface area contributed by atoms with Crippen molar-refractivity contribution < 1.29 is 18.0 Å². The van der Waals surface area contributed by atoms with Gasteiger partial charge < -0.3 is 10.2 Å². The summed E-state index contributed by atoms with van der Waals surface area (Å²) in [6, 6.07) is 30.2. The summed E-state index contributed by atoms with van der Waals surface area (Å²) in [6.45, 7) is 11.6. The van der Waals surface area contributed by atoms with Gasteiger partial charge in [0.1, 0.15) is 12.6 Å². The average Bonchev–Trinajstić information content (AvgIpc) is 3.06. The number of carbonyl (C=O) groups excluding carboxylic acids is 2. The zero-order valence-corrected chi connectivity index (χ0v) is 29.1. The highest BCUT2D eigenvalue weighted by Crippen LogP contribution is 2.27. The molecule has 7 nitrogen and oxygen atoms in total. The van der Waals surface area contributed by atoms with Gasteiger partial charge in [-0.1, -0.05) is 105 Å². The van der Waals surface area contributed by atoms with E-state index < -0.39 is 28.5 Å². The minimum Gasteiger partial charge on any atom is -0.352 e. The van der Waals surface area contributed by atoms with Crippen molar-refractivity contribution in [2.24, 2.45) is 0 Å². The molecule has 8 heteroatoms. The zero-order chi connectivity index (χ0) is 34.1. The predicted octanol–water partition coefficient (Wildman–Crippen LogP) is 7.18. The Morgan fingerprint density at radius 1 is 0.787 bits per heavy atom. The van der Waals surface area contributed by atoms with E-state index in [1.807, 2.05) is 94.4 Å². The van der Waals surface area contributed by atoms with E-state index in [1.54, 1.807) is 41.3 Å². The van der Waals surface area contributed by atoms with E-state index in [4.69, 9.17) is 0 Å². The summed E-state index contributed by atoms with van der Waals surface area (Å²) in [5, 5.41) is 3.08. The van der Waals surface area contributed by atoms with E-state index in [1.165, 1.54) is 4.31 Å². The van der Waals surface area contributed by atoms with Gasteiger partial charge in [-0.15, -0.1) is 0 Å². The highest BCUT2D eigenvalue weighted by molar-refractivity contribution is 7.92. The Kier molecular flexibility index (Phi) is 12.0. The molecule has 0 aromatic heterocycles. The Labute approximate surface area is 280 Å². The summed E-state index contributed by atoms with van der Waals surface area (Å²) in [5.74, 6) is -0.503. The van der Waals surface area contributed by atoms with Crippen LogP contribution < -0.4 is 9.62 Å². The smallest absolute Gasteiger partial charge is 0.264 e. The van der Waals surface area contributed by atoms with E-state index in [2.05, 4.69) is 19.2 Å². The van der Waals surface area contributed by atoms with Crippen molar-refractivity contribution in [1.82, 2.24) is 10.2 Å². The summed E-state index contributed by atoms with van der Waals surface area (Å²) < 4.78 is 29.7. The van der Waals surface area contributed by atoms with Crippen LogP contribution in [-0.4, -0.2) is 43.8 Å². The molecule has 47 heavy (non-hydrogen) atoms.